The average Bonchev–Trinajstić information content (AvgIpc) is 3.45. The molecule has 0 radical (unpaired) electrons. The quantitative estimate of drug-likeness (QED) is 0.192. The molecular formula is C43H29NO3S. The van der Waals surface area contributed by atoms with Crippen LogP contribution in [-0.2, 0) is 21.3 Å². The third kappa shape index (κ3) is 5.09. The molecular weight excluding hydrogens is 611 g/mol. The van der Waals surface area contributed by atoms with Gasteiger partial charge in [0.2, 0.25) is 0 Å². The van der Waals surface area contributed by atoms with Crippen LogP contribution in [0.3, 0.4) is 0 Å². The molecule has 0 spiro atoms. The van der Waals surface area contributed by atoms with Crippen LogP contribution in [0.1, 0.15) is 11.1 Å². The number of rotatable bonds is 4. The Balaban J connectivity index is 1.20. The number of sulfone groups is 1. The molecule has 1 aliphatic rings. The van der Waals surface area contributed by atoms with E-state index in [1.807, 2.05) is 78.9 Å². The van der Waals surface area contributed by atoms with Gasteiger partial charge in [-0.2, -0.15) is 0 Å². The predicted octanol–water partition coefficient (Wildman–Crippen LogP) is 10.7. The fraction of sp³-hybridized carbons (Fsp3) is 0.0465. The topological polar surface area (TPSA) is 60.2 Å². The second kappa shape index (κ2) is 11.2. The molecule has 48 heavy (non-hydrogen) atoms. The van der Waals surface area contributed by atoms with Gasteiger partial charge in [-0.15, -0.1) is 0 Å². The van der Waals surface area contributed by atoms with E-state index in [0.717, 1.165) is 89.0 Å². The van der Waals surface area contributed by atoms with Crippen molar-refractivity contribution >= 4 is 31.8 Å². The summed E-state index contributed by atoms with van der Waals surface area (Å²) in [5, 5.41) is 2.17. The number of hydrogen-bond donors (Lipinski definition) is 0. The maximum absolute atomic E-state index is 13.3. The van der Waals surface area contributed by atoms with Crippen molar-refractivity contribution in [3.05, 3.63) is 163 Å². The number of pyridine rings is 1. The summed E-state index contributed by atoms with van der Waals surface area (Å²) >= 11 is 0. The number of nitrogens with zero attached hydrogens (tertiary/aromatic N) is 1. The fourth-order valence-electron chi connectivity index (χ4n) is 6.91. The molecule has 0 unspecified atom stereocenters. The van der Waals surface area contributed by atoms with Crippen molar-refractivity contribution in [2.45, 2.75) is 11.5 Å². The summed E-state index contributed by atoms with van der Waals surface area (Å²) in [7, 11) is -3.36. The van der Waals surface area contributed by atoms with Crippen LogP contribution >= 0.6 is 0 Å². The van der Waals surface area contributed by atoms with Crippen LogP contribution < -0.4 is 0 Å². The van der Waals surface area contributed by atoms with E-state index in [2.05, 4.69) is 72.8 Å². The van der Waals surface area contributed by atoms with Gasteiger partial charge in [0.15, 0.2) is 9.84 Å². The van der Waals surface area contributed by atoms with E-state index >= 15 is 0 Å². The molecule has 5 heteroatoms. The first kappa shape index (κ1) is 28.4. The smallest absolute Gasteiger partial charge is 0.158 e. The highest BCUT2D eigenvalue weighted by atomic mass is 32.2. The lowest BCUT2D eigenvalue weighted by atomic mass is 9.90. The molecule has 0 saturated carbocycles. The van der Waals surface area contributed by atoms with Crippen molar-refractivity contribution in [1.82, 2.24) is 4.98 Å². The fourth-order valence-corrected chi connectivity index (χ4v) is 8.46. The molecule has 6 aromatic carbocycles. The van der Waals surface area contributed by atoms with E-state index in [0.29, 0.717) is 0 Å². The number of benzene rings is 6. The van der Waals surface area contributed by atoms with E-state index in [1.165, 1.54) is 0 Å². The molecule has 0 saturated heterocycles. The van der Waals surface area contributed by atoms with Gasteiger partial charge in [0.05, 0.1) is 22.9 Å². The maximum atomic E-state index is 13.3. The molecule has 0 aliphatic carbocycles. The number of fused-ring (bicyclic) bond motifs is 6. The largest absolute Gasteiger partial charge is 0.456 e. The average molecular weight is 640 g/mol. The van der Waals surface area contributed by atoms with Crippen LogP contribution in [-0.4, -0.2) is 13.4 Å². The predicted molar refractivity (Wildman–Crippen MR) is 195 cm³/mol. The van der Waals surface area contributed by atoms with Crippen LogP contribution in [0, 0.1) is 0 Å². The van der Waals surface area contributed by atoms with Crippen LogP contribution in [0.2, 0.25) is 0 Å². The lowest BCUT2D eigenvalue weighted by Crippen LogP contribution is -2.05. The first-order valence-electron chi connectivity index (χ1n) is 16.0. The summed E-state index contributed by atoms with van der Waals surface area (Å²) in [6.45, 7) is 0. The number of aromatic nitrogens is 1. The second-order valence-electron chi connectivity index (χ2n) is 12.4. The van der Waals surface area contributed by atoms with Crippen molar-refractivity contribution in [2.75, 3.05) is 0 Å². The van der Waals surface area contributed by atoms with E-state index in [-0.39, 0.29) is 11.5 Å². The molecule has 1 aliphatic heterocycles. The molecule has 0 amide bonds. The minimum atomic E-state index is -3.36. The van der Waals surface area contributed by atoms with Gasteiger partial charge in [0.1, 0.15) is 11.2 Å². The van der Waals surface area contributed by atoms with Gasteiger partial charge in [-0.3, -0.25) is 0 Å². The van der Waals surface area contributed by atoms with Crippen LogP contribution in [0.4, 0.5) is 0 Å². The van der Waals surface area contributed by atoms with E-state index in [4.69, 9.17) is 9.40 Å². The number of furan rings is 1. The monoisotopic (exact) mass is 639 g/mol. The molecule has 0 atom stereocenters. The van der Waals surface area contributed by atoms with Gasteiger partial charge in [-0.25, -0.2) is 13.4 Å². The zero-order valence-electron chi connectivity index (χ0n) is 25.9. The van der Waals surface area contributed by atoms with Crippen molar-refractivity contribution in [2.24, 2.45) is 0 Å². The Bertz CT molecular complexity index is 2570. The summed E-state index contributed by atoms with van der Waals surface area (Å²) in [6, 6.07) is 51.3. The van der Waals surface area contributed by atoms with Crippen LogP contribution in [0.25, 0.3) is 77.8 Å². The van der Waals surface area contributed by atoms with Gasteiger partial charge in [-0.05, 0) is 87.0 Å². The zero-order valence-corrected chi connectivity index (χ0v) is 26.7. The number of para-hydroxylation sites is 1. The first-order valence-corrected chi connectivity index (χ1v) is 17.8. The maximum Gasteiger partial charge on any atom is 0.158 e. The molecule has 9 rings (SSSR count). The third-order valence-corrected chi connectivity index (χ3v) is 10.8. The zero-order chi connectivity index (χ0) is 32.2. The van der Waals surface area contributed by atoms with Crippen molar-refractivity contribution in [3.63, 3.8) is 0 Å². The summed E-state index contributed by atoms with van der Waals surface area (Å²) in [4.78, 5) is 5.05. The number of hydrogen-bond acceptors (Lipinski definition) is 4. The Morgan fingerprint density at radius 3 is 1.56 bits per heavy atom. The summed E-state index contributed by atoms with van der Waals surface area (Å²) in [5.41, 5.74) is 13.1. The molecule has 2 aromatic heterocycles. The highest BCUT2D eigenvalue weighted by Gasteiger charge is 2.25. The third-order valence-electron chi connectivity index (χ3n) is 9.27. The van der Waals surface area contributed by atoms with Crippen molar-refractivity contribution in [3.8, 4) is 55.9 Å². The van der Waals surface area contributed by atoms with Gasteiger partial charge in [-0.1, -0.05) is 109 Å². The van der Waals surface area contributed by atoms with Gasteiger partial charge >= 0.3 is 0 Å². The Kier molecular flexibility index (Phi) is 6.63. The van der Waals surface area contributed by atoms with Crippen molar-refractivity contribution in [1.29, 1.82) is 0 Å². The van der Waals surface area contributed by atoms with Gasteiger partial charge in [0, 0.05) is 21.9 Å². The molecule has 0 fully saturated rings. The Hall–Kier alpha value is -5.78. The first-order chi connectivity index (χ1) is 23.5. The molecule has 3 heterocycles. The standard InChI is InChI=1S/C43H29NO3S/c45-48(46)26-33-17-15-30(32-19-20-37-36-13-7-8-14-42(36)47-43(37)25-32)21-38(33)39-22-31(16-18-34(39)27-48)35-23-40(28-9-3-1-4-10-28)44-41(24-35)29-11-5-2-6-12-29/h1-25H,26-27H2. The summed E-state index contributed by atoms with van der Waals surface area (Å²) in [5.74, 6) is -0.000745. The lowest BCUT2D eigenvalue weighted by molar-refractivity contribution is 0.595. The second-order valence-corrected chi connectivity index (χ2v) is 14.5. The van der Waals surface area contributed by atoms with Gasteiger partial charge in [0.25, 0.3) is 0 Å². The molecule has 0 bridgehead atoms. The van der Waals surface area contributed by atoms with E-state index in [9.17, 15) is 8.42 Å². The Morgan fingerprint density at radius 2 is 0.938 bits per heavy atom. The molecule has 0 N–H and O–H groups in total. The van der Waals surface area contributed by atoms with E-state index in [1.54, 1.807) is 0 Å². The Morgan fingerprint density at radius 1 is 0.438 bits per heavy atom. The van der Waals surface area contributed by atoms with Gasteiger partial charge < -0.3 is 4.42 Å². The SMILES string of the molecule is O=S1(=O)Cc2ccc(-c3cc(-c4ccccc4)nc(-c4ccccc4)c3)cc2-c2cc(-c3ccc4c(c3)oc3ccccc34)ccc2C1. The molecule has 230 valence electrons. The van der Waals surface area contributed by atoms with Crippen molar-refractivity contribution < 1.29 is 12.8 Å². The van der Waals surface area contributed by atoms with Crippen LogP contribution in [0.5, 0.6) is 0 Å². The molecule has 8 aromatic rings. The van der Waals surface area contributed by atoms with Crippen LogP contribution in [0.15, 0.2) is 156 Å². The lowest BCUT2D eigenvalue weighted by Gasteiger charge is -2.15. The minimum Gasteiger partial charge on any atom is -0.456 e. The Labute approximate surface area is 278 Å². The summed E-state index contributed by atoms with van der Waals surface area (Å²) in [6.07, 6.45) is 0. The molecule has 4 nitrogen and oxygen atoms in total. The minimum absolute atomic E-state index is 0.000796. The normalized spacial score (nSPS) is 13.6. The summed E-state index contributed by atoms with van der Waals surface area (Å²) < 4.78 is 32.8. The highest BCUT2D eigenvalue weighted by Crippen LogP contribution is 2.41. The van der Waals surface area contributed by atoms with E-state index < -0.39 is 9.84 Å². The highest BCUT2D eigenvalue weighted by molar-refractivity contribution is 7.89.